The molecule has 3 atom stereocenters. The number of fused-ring (bicyclic) bond motifs is 3. The fourth-order valence-electron chi connectivity index (χ4n) is 3.22. The van der Waals surface area contributed by atoms with Crippen LogP contribution in [0.2, 0.25) is 0 Å². The number of benzene rings is 1. The highest BCUT2D eigenvalue weighted by Crippen LogP contribution is 2.47. The monoisotopic (exact) mass is 288 g/mol. The molecule has 1 aromatic rings. The van der Waals surface area contributed by atoms with Crippen molar-refractivity contribution < 1.29 is 14.5 Å². The summed E-state index contributed by atoms with van der Waals surface area (Å²) in [7, 11) is 0. The molecular formula is C15H16N2O4. The number of hydrogen-bond acceptors (Lipinski definition) is 5. The molecule has 110 valence electrons. The zero-order valence-corrected chi connectivity index (χ0v) is 11.6. The predicted molar refractivity (Wildman–Crippen MR) is 77.1 cm³/mol. The van der Waals surface area contributed by atoms with Gasteiger partial charge >= 0.3 is 5.97 Å². The molecule has 6 heteroatoms. The van der Waals surface area contributed by atoms with Gasteiger partial charge in [-0.15, -0.1) is 0 Å². The molecular weight excluding hydrogens is 272 g/mol. The summed E-state index contributed by atoms with van der Waals surface area (Å²) < 4.78 is 5.11. The third kappa shape index (κ3) is 2.16. The first-order valence-electron chi connectivity index (χ1n) is 7.00. The molecule has 1 heterocycles. The van der Waals surface area contributed by atoms with E-state index in [9.17, 15) is 14.9 Å². The van der Waals surface area contributed by atoms with Crippen molar-refractivity contribution in [1.82, 2.24) is 0 Å². The van der Waals surface area contributed by atoms with Gasteiger partial charge in [0.1, 0.15) is 11.7 Å². The van der Waals surface area contributed by atoms with E-state index in [0.29, 0.717) is 12.3 Å². The number of anilines is 1. The Hall–Kier alpha value is -2.37. The van der Waals surface area contributed by atoms with E-state index in [0.717, 1.165) is 12.0 Å². The zero-order valence-electron chi connectivity index (χ0n) is 11.6. The molecule has 1 aliphatic carbocycles. The molecule has 21 heavy (non-hydrogen) atoms. The number of allylic oxidation sites excluding steroid dienone is 2. The van der Waals surface area contributed by atoms with Gasteiger partial charge in [-0.2, -0.15) is 0 Å². The Morgan fingerprint density at radius 3 is 3.05 bits per heavy atom. The minimum Gasteiger partial charge on any atom is -0.464 e. The van der Waals surface area contributed by atoms with Gasteiger partial charge in [-0.25, -0.2) is 4.79 Å². The average Bonchev–Trinajstić information content (AvgIpc) is 2.95. The summed E-state index contributed by atoms with van der Waals surface area (Å²) in [5.41, 5.74) is 1.32. The maximum atomic E-state index is 12.1. The Bertz CT molecular complexity index is 626. The summed E-state index contributed by atoms with van der Waals surface area (Å²) in [5.74, 6) is -0.269. The number of rotatable bonds is 3. The van der Waals surface area contributed by atoms with Gasteiger partial charge in [0.15, 0.2) is 0 Å². The number of nitro groups is 1. The Morgan fingerprint density at radius 1 is 1.52 bits per heavy atom. The normalized spacial score (nSPS) is 25.7. The Kier molecular flexibility index (Phi) is 3.37. The standard InChI is InChI=1S/C15H16N2O4/c1-2-21-15(18)14-11-6-3-5-9(11)10-7-4-8-12(17(19)20)13(10)16-14/h3-5,7-9,11,14,16H,2,6H2,1H3/t9-,11-,14+/m0/s1. The minimum atomic E-state index is -0.543. The summed E-state index contributed by atoms with van der Waals surface area (Å²) in [6.07, 6.45) is 4.82. The molecule has 2 aliphatic rings. The lowest BCUT2D eigenvalue weighted by Gasteiger charge is -2.35. The van der Waals surface area contributed by atoms with Crippen LogP contribution in [0.5, 0.6) is 0 Å². The number of carbonyl (C=O) groups excluding carboxylic acids is 1. The van der Waals surface area contributed by atoms with Gasteiger partial charge in [-0.05, 0) is 18.9 Å². The van der Waals surface area contributed by atoms with E-state index in [1.807, 2.05) is 18.2 Å². The highest BCUT2D eigenvalue weighted by atomic mass is 16.6. The van der Waals surface area contributed by atoms with Crippen LogP contribution in [0, 0.1) is 16.0 Å². The fraction of sp³-hybridized carbons (Fsp3) is 0.400. The number of esters is 1. The van der Waals surface area contributed by atoms with Crippen LogP contribution in [0.1, 0.15) is 24.8 Å². The Balaban J connectivity index is 2.05. The van der Waals surface area contributed by atoms with E-state index < -0.39 is 11.0 Å². The van der Waals surface area contributed by atoms with Crippen LogP contribution in [0.3, 0.4) is 0 Å². The molecule has 0 radical (unpaired) electrons. The quantitative estimate of drug-likeness (QED) is 0.400. The molecule has 0 aromatic heterocycles. The van der Waals surface area contributed by atoms with Crippen molar-refractivity contribution in [1.29, 1.82) is 0 Å². The molecule has 1 aliphatic heterocycles. The molecule has 0 bridgehead atoms. The van der Waals surface area contributed by atoms with Crippen LogP contribution in [-0.2, 0) is 9.53 Å². The first kappa shape index (κ1) is 13.6. The lowest BCUT2D eigenvalue weighted by Crippen LogP contribution is -2.43. The number of ether oxygens (including phenoxy) is 1. The molecule has 1 aromatic carbocycles. The number of nitro benzene ring substituents is 1. The van der Waals surface area contributed by atoms with Crippen LogP contribution in [0.15, 0.2) is 30.4 Å². The summed E-state index contributed by atoms with van der Waals surface area (Å²) in [6, 6.07) is 4.47. The molecule has 1 N–H and O–H groups in total. The third-order valence-corrected chi connectivity index (χ3v) is 4.11. The molecule has 0 spiro atoms. The van der Waals surface area contributed by atoms with Crippen molar-refractivity contribution in [2.75, 3.05) is 11.9 Å². The van der Waals surface area contributed by atoms with E-state index >= 15 is 0 Å². The first-order chi connectivity index (χ1) is 10.1. The maximum Gasteiger partial charge on any atom is 0.328 e. The van der Waals surface area contributed by atoms with Gasteiger partial charge in [0.25, 0.3) is 5.69 Å². The fourth-order valence-corrected chi connectivity index (χ4v) is 3.22. The van der Waals surface area contributed by atoms with Crippen molar-refractivity contribution in [3.63, 3.8) is 0 Å². The van der Waals surface area contributed by atoms with Crippen LogP contribution in [0.4, 0.5) is 11.4 Å². The highest BCUT2D eigenvalue weighted by Gasteiger charge is 2.43. The summed E-state index contributed by atoms with van der Waals surface area (Å²) in [6.45, 7) is 2.05. The highest BCUT2D eigenvalue weighted by molar-refractivity contribution is 5.84. The van der Waals surface area contributed by atoms with Crippen molar-refractivity contribution >= 4 is 17.3 Å². The molecule has 6 nitrogen and oxygen atoms in total. The lowest BCUT2D eigenvalue weighted by atomic mass is 9.79. The maximum absolute atomic E-state index is 12.1. The number of nitrogens with one attached hydrogen (secondary N) is 1. The second-order valence-corrected chi connectivity index (χ2v) is 5.23. The Labute approximate surface area is 121 Å². The molecule has 0 saturated heterocycles. The summed E-state index contributed by atoms with van der Waals surface area (Å²) in [4.78, 5) is 22.9. The van der Waals surface area contributed by atoms with Gasteiger partial charge in [-0.1, -0.05) is 24.3 Å². The number of carbonyl (C=O) groups is 1. The van der Waals surface area contributed by atoms with Gasteiger partial charge in [0.05, 0.1) is 11.5 Å². The van der Waals surface area contributed by atoms with Crippen LogP contribution in [-0.4, -0.2) is 23.5 Å². The smallest absolute Gasteiger partial charge is 0.328 e. The summed E-state index contributed by atoms with van der Waals surface area (Å²) in [5, 5.41) is 14.2. The van der Waals surface area contributed by atoms with Crippen LogP contribution >= 0.6 is 0 Å². The Morgan fingerprint density at radius 2 is 2.33 bits per heavy atom. The second kappa shape index (κ2) is 5.20. The van der Waals surface area contributed by atoms with E-state index in [4.69, 9.17) is 4.74 Å². The van der Waals surface area contributed by atoms with Gasteiger partial charge in [-0.3, -0.25) is 10.1 Å². The molecule has 0 saturated carbocycles. The van der Waals surface area contributed by atoms with Crippen molar-refractivity contribution in [3.8, 4) is 0 Å². The minimum absolute atomic E-state index is 0.000508. The number of hydrogen-bond donors (Lipinski definition) is 1. The first-order valence-corrected chi connectivity index (χ1v) is 7.00. The molecule has 0 fully saturated rings. The SMILES string of the molecule is CCOC(=O)[C@@H]1Nc2c(cccc2[N+](=O)[O-])[C@@H]2C=CC[C@H]12. The predicted octanol–water partition coefficient (Wildman–Crippen LogP) is 2.61. The third-order valence-electron chi connectivity index (χ3n) is 4.11. The van der Waals surface area contributed by atoms with Gasteiger partial charge in [0, 0.05) is 17.9 Å². The number of para-hydroxylation sites is 1. The van der Waals surface area contributed by atoms with Crippen molar-refractivity contribution in [2.45, 2.75) is 25.3 Å². The van der Waals surface area contributed by atoms with Crippen molar-refractivity contribution in [3.05, 3.63) is 46.0 Å². The van der Waals surface area contributed by atoms with Gasteiger partial charge < -0.3 is 10.1 Å². The lowest BCUT2D eigenvalue weighted by molar-refractivity contribution is -0.384. The van der Waals surface area contributed by atoms with E-state index in [1.165, 1.54) is 6.07 Å². The van der Waals surface area contributed by atoms with Crippen LogP contribution in [0.25, 0.3) is 0 Å². The summed E-state index contributed by atoms with van der Waals surface area (Å²) >= 11 is 0. The topological polar surface area (TPSA) is 81.5 Å². The van der Waals surface area contributed by atoms with Gasteiger partial charge in [0.2, 0.25) is 0 Å². The van der Waals surface area contributed by atoms with E-state index in [2.05, 4.69) is 5.32 Å². The second-order valence-electron chi connectivity index (χ2n) is 5.23. The molecule has 3 rings (SSSR count). The van der Waals surface area contributed by atoms with E-state index in [-0.39, 0.29) is 23.5 Å². The zero-order chi connectivity index (χ0) is 15.0. The largest absolute Gasteiger partial charge is 0.464 e. The van der Waals surface area contributed by atoms with Crippen molar-refractivity contribution in [2.24, 2.45) is 5.92 Å². The van der Waals surface area contributed by atoms with E-state index in [1.54, 1.807) is 13.0 Å². The molecule has 0 unspecified atom stereocenters. The molecule has 0 amide bonds. The van der Waals surface area contributed by atoms with Crippen LogP contribution < -0.4 is 5.32 Å². The number of nitrogens with zero attached hydrogens (tertiary/aromatic N) is 1. The average molecular weight is 288 g/mol.